The molecule has 1 aromatic carbocycles. The van der Waals surface area contributed by atoms with E-state index in [-0.39, 0.29) is 10.6 Å². The highest BCUT2D eigenvalue weighted by Gasteiger charge is 2.38. The molecule has 0 bridgehead atoms. The van der Waals surface area contributed by atoms with Crippen molar-refractivity contribution in [3.8, 4) is 11.8 Å². The molecule has 0 unspecified atom stereocenters. The SMILES string of the molecule is COc1cc(C)c(C)cc1S(=O)(=O)C(C)(C)C#N. The third-order valence-electron chi connectivity index (χ3n) is 3.01. The first kappa shape index (κ1) is 14.5. The molecule has 0 aliphatic heterocycles. The molecule has 4 nitrogen and oxygen atoms in total. The number of aryl methyl sites for hydroxylation is 2. The zero-order valence-corrected chi connectivity index (χ0v) is 12.1. The Morgan fingerprint density at radius 2 is 1.72 bits per heavy atom. The maximum atomic E-state index is 12.4. The van der Waals surface area contributed by atoms with E-state index in [4.69, 9.17) is 10.00 Å². The zero-order valence-electron chi connectivity index (χ0n) is 11.2. The molecule has 18 heavy (non-hydrogen) atoms. The van der Waals surface area contributed by atoms with E-state index in [1.165, 1.54) is 21.0 Å². The van der Waals surface area contributed by atoms with E-state index >= 15 is 0 Å². The number of hydrogen-bond donors (Lipinski definition) is 0. The second kappa shape index (κ2) is 4.62. The number of nitrogens with zero attached hydrogens (tertiary/aromatic N) is 1. The molecule has 0 saturated carbocycles. The van der Waals surface area contributed by atoms with E-state index in [9.17, 15) is 8.42 Å². The Balaban J connectivity index is 3.62. The summed E-state index contributed by atoms with van der Waals surface area (Å²) in [6.07, 6.45) is 0. The quantitative estimate of drug-likeness (QED) is 0.843. The Labute approximate surface area is 108 Å². The fourth-order valence-corrected chi connectivity index (χ4v) is 2.88. The van der Waals surface area contributed by atoms with Crippen molar-refractivity contribution in [1.29, 1.82) is 5.26 Å². The van der Waals surface area contributed by atoms with Crippen LogP contribution in [0.3, 0.4) is 0 Å². The van der Waals surface area contributed by atoms with Crippen LogP contribution in [0.2, 0.25) is 0 Å². The van der Waals surface area contributed by atoms with E-state index in [2.05, 4.69) is 0 Å². The van der Waals surface area contributed by atoms with Crippen LogP contribution in [0.25, 0.3) is 0 Å². The standard InChI is InChI=1S/C13H17NO3S/c1-9-6-11(17-5)12(7-10(9)2)18(15,16)13(3,4)8-14/h6-7H,1-5H3. The Morgan fingerprint density at radius 1 is 1.22 bits per heavy atom. The van der Waals surface area contributed by atoms with Gasteiger partial charge in [0.15, 0.2) is 4.75 Å². The summed E-state index contributed by atoms with van der Waals surface area (Å²) in [4.78, 5) is 0.0691. The minimum absolute atomic E-state index is 0.0691. The lowest BCUT2D eigenvalue weighted by Crippen LogP contribution is -2.30. The Morgan fingerprint density at radius 3 is 2.17 bits per heavy atom. The minimum Gasteiger partial charge on any atom is -0.495 e. The second-order valence-electron chi connectivity index (χ2n) is 4.71. The van der Waals surface area contributed by atoms with Crippen molar-refractivity contribution in [2.75, 3.05) is 7.11 Å². The van der Waals surface area contributed by atoms with E-state index in [1.54, 1.807) is 12.1 Å². The van der Waals surface area contributed by atoms with Gasteiger partial charge >= 0.3 is 0 Å². The molecule has 5 heteroatoms. The highest BCUT2D eigenvalue weighted by molar-refractivity contribution is 7.93. The lowest BCUT2D eigenvalue weighted by molar-refractivity contribution is 0.401. The molecule has 0 fully saturated rings. The second-order valence-corrected chi connectivity index (χ2v) is 7.18. The molecule has 0 N–H and O–H groups in total. The average molecular weight is 267 g/mol. The molecule has 0 spiro atoms. The monoisotopic (exact) mass is 267 g/mol. The fourth-order valence-electron chi connectivity index (χ4n) is 1.47. The molecule has 0 aliphatic rings. The van der Waals surface area contributed by atoms with Crippen LogP contribution in [0, 0.1) is 25.2 Å². The summed E-state index contributed by atoms with van der Waals surface area (Å²) < 4.78 is 28.5. The molecule has 1 aromatic rings. The van der Waals surface area contributed by atoms with Gasteiger partial charge in [0, 0.05) is 0 Å². The fraction of sp³-hybridized carbons (Fsp3) is 0.462. The van der Waals surface area contributed by atoms with Crippen LogP contribution in [-0.4, -0.2) is 20.3 Å². The van der Waals surface area contributed by atoms with Crippen molar-refractivity contribution in [1.82, 2.24) is 0 Å². The van der Waals surface area contributed by atoms with Gasteiger partial charge in [-0.25, -0.2) is 8.42 Å². The van der Waals surface area contributed by atoms with Crippen molar-refractivity contribution in [3.63, 3.8) is 0 Å². The van der Waals surface area contributed by atoms with Gasteiger partial charge in [-0.15, -0.1) is 0 Å². The number of hydrogen-bond acceptors (Lipinski definition) is 4. The highest BCUT2D eigenvalue weighted by atomic mass is 32.2. The number of ether oxygens (including phenoxy) is 1. The summed E-state index contributed by atoms with van der Waals surface area (Å²) in [5.74, 6) is 0.279. The molecule has 98 valence electrons. The third kappa shape index (κ3) is 2.21. The number of nitriles is 1. The van der Waals surface area contributed by atoms with E-state index in [1.807, 2.05) is 19.9 Å². The lowest BCUT2D eigenvalue weighted by atomic mass is 10.1. The smallest absolute Gasteiger partial charge is 0.200 e. The van der Waals surface area contributed by atoms with Gasteiger partial charge < -0.3 is 4.74 Å². The minimum atomic E-state index is -3.76. The van der Waals surface area contributed by atoms with Gasteiger partial charge in [-0.05, 0) is 51.0 Å². The molecule has 0 aliphatic carbocycles. The van der Waals surface area contributed by atoms with Crippen LogP contribution in [0.4, 0.5) is 0 Å². The Kier molecular flexibility index (Phi) is 3.72. The van der Waals surface area contributed by atoms with Crippen molar-refractivity contribution in [2.45, 2.75) is 37.3 Å². The van der Waals surface area contributed by atoms with Crippen molar-refractivity contribution < 1.29 is 13.2 Å². The van der Waals surface area contributed by atoms with Crippen molar-refractivity contribution in [2.24, 2.45) is 0 Å². The topological polar surface area (TPSA) is 67.2 Å². The molecule has 0 amide bonds. The molecule has 1 rings (SSSR count). The van der Waals surface area contributed by atoms with E-state index in [0.29, 0.717) is 0 Å². The molecular weight excluding hydrogens is 250 g/mol. The zero-order chi connectivity index (χ0) is 14.1. The summed E-state index contributed by atoms with van der Waals surface area (Å²) in [7, 11) is -2.34. The van der Waals surface area contributed by atoms with Gasteiger partial charge in [0.2, 0.25) is 9.84 Å². The summed E-state index contributed by atoms with van der Waals surface area (Å²) in [6.45, 7) is 6.48. The predicted octanol–water partition coefficient (Wildman–Crippen LogP) is 2.39. The maximum absolute atomic E-state index is 12.4. The highest BCUT2D eigenvalue weighted by Crippen LogP contribution is 2.33. The summed E-state index contributed by atoms with van der Waals surface area (Å²) in [5, 5.41) is 9.01. The van der Waals surface area contributed by atoms with Crippen LogP contribution in [0.1, 0.15) is 25.0 Å². The normalized spacial score (nSPS) is 12.0. The number of benzene rings is 1. The van der Waals surface area contributed by atoms with Crippen LogP contribution in [0.15, 0.2) is 17.0 Å². The van der Waals surface area contributed by atoms with Crippen LogP contribution < -0.4 is 4.74 Å². The first-order valence-corrected chi connectivity index (χ1v) is 6.97. The summed E-state index contributed by atoms with van der Waals surface area (Å²) in [5.41, 5.74) is 1.80. The molecule has 0 atom stereocenters. The number of sulfone groups is 1. The predicted molar refractivity (Wildman–Crippen MR) is 69.3 cm³/mol. The van der Waals surface area contributed by atoms with Gasteiger partial charge in [0.1, 0.15) is 10.6 Å². The summed E-state index contributed by atoms with van der Waals surface area (Å²) in [6, 6.07) is 5.06. The van der Waals surface area contributed by atoms with Gasteiger partial charge in [-0.3, -0.25) is 0 Å². The van der Waals surface area contributed by atoms with E-state index in [0.717, 1.165) is 11.1 Å². The average Bonchev–Trinajstić information content (AvgIpc) is 2.31. The molecule has 0 saturated heterocycles. The van der Waals surface area contributed by atoms with E-state index < -0.39 is 14.6 Å². The summed E-state index contributed by atoms with van der Waals surface area (Å²) >= 11 is 0. The lowest BCUT2D eigenvalue weighted by Gasteiger charge is -2.19. The number of methoxy groups -OCH3 is 1. The maximum Gasteiger partial charge on any atom is 0.200 e. The molecule has 0 aromatic heterocycles. The first-order valence-electron chi connectivity index (χ1n) is 5.48. The van der Waals surface area contributed by atoms with Crippen molar-refractivity contribution in [3.05, 3.63) is 23.3 Å². The molecule has 0 radical (unpaired) electrons. The van der Waals surface area contributed by atoms with Crippen LogP contribution in [-0.2, 0) is 9.84 Å². The van der Waals surface area contributed by atoms with Gasteiger partial charge in [-0.2, -0.15) is 5.26 Å². The Bertz CT molecular complexity index is 610. The number of rotatable bonds is 3. The van der Waals surface area contributed by atoms with Gasteiger partial charge in [-0.1, -0.05) is 0 Å². The van der Waals surface area contributed by atoms with Crippen molar-refractivity contribution >= 4 is 9.84 Å². The Hall–Kier alpha value is -1.54. The van der Waals surface area contributed by atoms with Crippen LogP contribution >= 0.6 is 0 Å². The first-order chi connectivity index (χ1) is 8.17. The molecular formula is C13H17NO3S. The van der Waals surface area contributed by atoms with Crippen LogP contribution in [0.5, 0.6) is 5.75 Å². The van der Waals surface area contributed by atoms with Gasteiger partial charge in [0.05, 0.1) is 13.2 Å². The largest absolute Gasteiger partial charge is 0.495 e. The third-order valence-corrected chi connectivity index (χ3v) is 5.34. The van der Waals surface area contributed by atoms with Gasteiger partial charge in [0.25, 0.3) is 0 Å². The molecule has 0 heterocycles.